The van der Waals surface area contributed by atoms with Crippen LogP contribution in [0.2, 0.25) is 0 Å². The van der Waals surface area contributed by atoms with Crippen LogP contribution < -0.4 is 10.0 Å². The van der Waals surface area contributed by atoms with Gasteiger partial charge < -0.3 is 5.32 Å². The zero-order chi connectivity index (χ0) is 17.7. The number of fused-ring (bicyclic) bond motifs is 1. The third kappa shape index (κ3) is 4.40. The van der Waals surface area contributed by atoms with E-state index >= 15 is 0 Å². The first kappa shape index (κ1) is 18.6. The Morgan fingerprint density at radius 1 is 1.12 bits per heavy atom. The molecule has 2 amide bonds. The summed E-state index contributed by atoms with van der Waals surface area (Å²) in [5.41, 5.74) is 0.755. The van der Waals surface area contributed by atoms with Crippen LogP contribution in [0, 0.1) is 0 Å². The monoisotopic (exact) mass is 353 g/mol. The van der Waals surface area contributed by atoms with Crippen LogP contribution in [0.5, 0.6) is 0 Å². The maximum atomic E-state index is 12.2. The highest BCUT2D eigenvalue weighted by atomic mass is 32.2. The Morgan fingerprint density at radius 3 is 2.25 bits per heavy atom. The number of carbonyl (C=O) groups is 2. The SMILES string of the molecule is CCN[C@H](C)CNS(=O)(=O)CCCN1C(=O)c2ccccc2C1=O. The van der Waals surface area contributed by atoms with E-state index in [1.165, 1.54) is 0 Å². The lowest BCUT2D eigenvalue weighted by Crippen LogP contribution is -2.40. The van der Waals surface area contributed by atoms with Crippen LogP contribution in [0.1, 0.15) is 41.0 Å². The zero-order valence-corrected chi connectivity index (χ0v) is 14.7. The van der Waals surface area contributed by atoms with Crippen molar-refractivity contribution in [3.8, 4) is 0 Å². The third-order valence-electron chi connectivity index (χ3n) is 3.83. The van der Waals surface area contributed by atoms with E-state index in [9.17, 15) is 18.0 Å². The van der Waals surface area contributed by atoms with E-state index in [0.717, 1.165) is 11.4 Å². The third-order valence-corrected chi connectivity index (χ3v) is 5.27. The number of carbonyl (C=O) groups excluding carboxylic acids is 2. The van der Waals surface area contributed by atoms with Crippen LogP contribution in [0.25, 0.3) is 0 Å². The lowest BCUT2D eigenvalue weighted by molar-refractivity contribution is 0.0654. The summed E-state index contributed by atoms with van der Waals surface area (Å²) in [5, 5.41) is 3.12. The van der Waals surface area contributed by atoms with Gasteiger partial charge in [0.25, 0.3) is 11.8 Å². The Kier molecular flexibility index (Phi) is 6.09. The minimum atomic E-state index is -3.43. The lowest BCUT2D eigenvalue weighted by atomic mass is 10.1. The fourth-order valence-electron chi connectivity index (χ4n) is 2.60. The molecule has 132 valence electrons. The molecule has 0 fully saturated rings. The maximum absolute atomic E-state index is 12.2. The van der Waals surface area contributed by atoms with E-state index in [1.807, 2.05) is 13.8 Å². The smallest absolute Gasteiger partial charge is 0.261 e. The highest BCUT2D eigenvalue weighted by Gasteiger charge is 2.34. The van der Waals surface area contributed by atoms with Gasteiger partial charge in [-0.2, -0.15) is 0 Å². The second kappa shape index (κ2) is 7.87. The molecule has 0 aromatic heterocycles. The molecule has 1 aliphatic heterocycles. The minimum absolute atomic E-state index is 0.0426. The molecule has 0 saturated heterocycles. The summed E-state index contributed by atoms with van der Waals surface area (Å²) in [5.74, 6) is -0.845. The number of benzene rings is 1. The van der Waals surface area contributed by atoms with Crippen LogP contribution in [0.3, 0.4) is 0 Å². The van der Waals surface area contributed by atoms with Crippen molar-refractivity contribution in [3.05, 3.63) is 35.4 Å². The molecule has 0 radical (unpaired) electrons. The van der Waals surface area contributed by atoms with Crippen LogP contribution in [0.15, 0.2) is 24.3 Å². The van der Waals surface area contributed by atoms with Gasteiger partial charge in [-0.3, -0.25) is 14.5 Å². The minimum Gasteiger partial charge on any atom is -0.313 e. The normalized spacial score (nSPS) is 15.7. The number of hydrogen-bond donors (Lipinski definition) is 2. The fraction of sp³-hybridized carbons (Fsp3) is 0.500. The summed E-state index contributed by atoms with van der Waals surface area (Å²) in [4.78, 5) is 25.5. The van der Waals surface area contributed by atoms with Gasteiger partial charge in [-0.25, -0.2) is 13.1 Å². The molecule has 0 bridgehead atoms. The Bertz CT molecular complexity index is 683. The number of rotatable bonds is 9. The number of hydrogen-bond acceptors (Lipinski definition) is 5. The molecule has 1 aliphatic rings. The molecule has 0 saturated carbocycles. The molecule has 1 aromatic rings. The van der Waals surface area contributed by atoms with Gasteiger partial charge in [-0.05, 0) is 32.0 Å². The first-order valence-electron chi connectivity index (χ1n) is 8.01. The summed E-state index contributed by atoms with van der Waals surface area (Å²) in [6.07, 6.45) is 0.205. The van der Waals surface area contributed by atoms with E-state index in [0.29, 0.717) is 17.7 Å². The van der Waals surface area contributed by atoms with Crippen molar-refractivity contribution in [1.29, 1.82) is 0 Å². The van der Waals surface area contributed by atoms with E-state index in [-0.39, 0.29) is 36.6 Å². The molecule has 24 heavy (non-hydrogen) atoms. The van der Waals surface area contributed by atoms with Gasteiger partial charge in [0.1, 0.15) is 0 Å². The number of nitrogens with zero attached hydrogens (tertiary/aromatic N) is 1. The fourth-order valence-corrected chi connectivity index (χ4v) is 3.76. The van der Waals surface area contributed by atoms with Crippen LogP contribution >= 0.6 is 0 Å². The zero-order valence-electron chi connectivity index (χ0n) is 13.9. The van der Waals surface area contributed by atoms with Gasteiger partial charge in [-0.15, -0.1) is 0 Å². The quantitative estimate of drug-likeness (QED) is 0.634. The highest BCUT2D eigenvalue weighted by Crippen LogP contribution is 2.22. The molecular formula is C16H23N3O4S. The molecule has 1 atom stereocenters. The summed E-state index contributed by atoms with van der Waals surface area (Å²) < 4.78 is 26.5. The predicted molar refractivity (Wildman–Crippen MR) is 91.4 cm³/mol. The summed E-state index contributed by atoms with van der Waals surface area (Å²) >= 11 is 0. The van der Waals surface area contributed by atoms with E-state index in [1.54, 1.807) is 24.3 Å². The van der Waals surface area contributed by atoms with Crippen LogP contribution in [-0.2, 0) is 10.0 Å². The molecule has 7 nitrogen and oxygen atoms in total. The Labute approximate surface area is 142 Å². The number of sulfonamides is 1. The Hall–Kier alpha value is -1.77. The van der Waals surface area contributed by atoms with Gasteiger partial charge in [-0.1, -0.05) is 19.1 Å². The lowest BCUT2D eigenvalue weighted by Gasteiger charge is -2.15. The standard InChI is InChI=1S/C16H23N3O4S/c1-3-17-12(2)11-18-24(22,23)10-6-9-19-15(20)13-7-4-5-8-14(13)16(19)21/h4-5,7-8,12,17-18H,3,6,9-11H2,1-2H3/t12-/m1/s1. The molecule has 0 unspecified atom stereocenters. The topological polar surface area (TPSA) is 95.6 Å². The number of nitrogens with one attached hydrogen (secondary N) is 2. The van der Waals surface area contributed by atoms with Crippen molar-refractivity contribution < 1.29 is 18.0 Å². The largest absolute Gasteiger partial charge is 0.313 e. The van der Waals surface area contributed by atoms with Crippen LogP contribution in [0.4, 0.5) is 0 Å². The van der Waals surface area contributed by atoms with E-state index in [4.69, 9.17) is 0 Å². The maximum Gasteiger partial charge on any atom is 0.261 e. The van der Waals surface area contributed by atoms with Gasteiger partial charge in [0.2, 0.25) is 10.0 Å². The average molecular weight is 353 g/mol. The van der Waals surface area contributed by atoms with Crippen molar-refractivity contribution in [3.63, 3.8) is 0 Å². The van der Waals surface area contributed by atoms with Crippen molar-refractivity contribution in [2.45, 2.75) is 26.3 Å². The number of amides is 2. The van der Waals surface area contributed by atoms with Crippen LogP contribution in [-0.4, -0.2) is 56.6 Å². The predicted octanol–water partition coefficient (Wildman–Crippen LogP) is 0.590. The van der Waals surface area contributed by atoms with Gasteiger partial charge in [0.15, 0.2) is 0 Å². The summed E-state index contributed by atoms with van der Waals surface area (Å²) in [7, 11) is -3.43. The average Bonchev–Trinajstić information content (AvgIpc) is 2.79. The Balaban J connectivity index is 1.84. The molecular weight excluding hydrogens is 330 g/mol. The second-order valence-corrected chi connectivity index (χ2v) is 7.71. The van der Waals surface area contributed by atoms with Crippen molar-refractivity contribution in [1.82, 2.24) is 14.9 Å². The summed E-state index contributed by atoms with van der Waals surface area (Å²) in [6, 6.07) is 6.66. The molecule has 0 spiro atoms. The van der Waals surface area contributed by atoms with Crippen molar-refractivity contribution in [2.24, 2.45) is 0 Å². The Morgan fingerprint density at radius 2 is 1.71 bits per heavy atom. The van der Waals surface area contributed by atoms with E-state index in [2.05, 4.69) is 10.0 Å². The van der Waals surface area contributed by atoms with Crippen molar-refractivity contribution in [2.75, 3.05) is 25.4 Å². The first-order chi connectivity index (χ1) is 11.4. The van der Waals surface area contributed by atoms with Gasteiger partial charge in [0.05, 0.1) is 16.9 Å². The van der Waals surface area contributed by atoms with Gasteiger partial charge >= 0.3 is 0 Å². The highest BCUT2D eigenvalue weighted by molar-refractivity contribution is 7.89. The first-order valence-corrected chi connectivity index (χ1v) is 9.67. The molecule has 1 heterocycles. The molecule has 1 aromatic carbocycles. The number of imide groups is 1. The molecule has 8 heteroatoms. The number of likely N-dealkylation sites (N-methyl/N-ethyl adjacent to an activating group) is 1. The molecule has 0 aliphatic carbocycles. The van der Waals surface area contributed by atoms with E-state index < -0.39 is 10.0 Å². The summed E-state index contributed by atoms with van der Waals surface area (Å²) in [6.45, 7) is 5.01. The second-order valence-electron chi connectivity index (χ2n) is 5.79. The van der Waals surface area contributed by atoms with Crippen molar-refractivity contribution >= 4 is 21.8 Å². The van der Waals surface area contributed by atoms with Gasteiger partial charge in [0, 0.05) is 19.1 Å². The molecule has 2 rings (SSSR count). The molecule has 2 N–H and O–H groups in total.